The van der Waals surface area contributed by atoms with E-state index >= 15 is 0 Å². The predicted molar refractivity (Wildman–Crippen MR) is 75.1 cm³/mol. The molecule has 0 spiro atoms. The van der Waals surface area contributed by atoms with Crippen molar-refractivity contribution < 1.29 is 9.32 Å². The first-order chi connectivity index (χ1) is 9.72. The average Bonchev–Trinajstić information content (AvgIpc) is 2.90. The summed E-state index contributed by atoms with van der Waals surface area (Å²) >= 11 is 0. The first kappa shape index (κ1) is 13.0. The fraction of sp³-hybridized carbons (Fsp3) is 0.438. The van der Waals surface area contributed by atoms with E-state index < -0.39 is 0 Å². The summed E-state index contributed by atoms with van der Waals surface area (Å²) in [5, 5.41) is 4.02. The summed E-state index contributed by atoms with van der Waals surface area (Å²) in [7, 11) is 0. The standard InChI is InChI=1S/C16H18N2O2/c1-11-5-4-7-13(9-11)16-17-15(20-18-16)10-12-6-2-3-8-14(12)19/h4-5,7,9,12H,2-3,6,8,10H2,1H3. The lowest BCUT2D eigenvalue weighted by Gasteiger charge is -2.18. The topological polar surface area (TPSA) is 56.0 Å². The van der Waals surface area contributed by atoms with Crippen LogP contribution >= 0.6 is 0 Å². The van der Waals surface area contributed by atoms with E-state index in [1.165, 1.54) is 0 Å². The predicted octanol–water partition coefficient (Wildman–Crippen LogP) is 3.35. The number of carbonyl (C=O) groups excluding carboxylic acids is 1. The van der Waals surface area contributed by atoms with E-state index in [0.717, 1.165) is 30.4 Å². The highest BCUT2D eigenvalue weighted by atomic mass is 16.5. The summed E-state index contributed by atoms with van der Waals surface area (Å²) in [5.74, 6) is 1.58. The molecule has 2 aromatic rings. The minimum Gasteiger partial charge on any atom is -0.339 e. The van der Waals surface area contributed by atoms with Crippen molar-refractivity contribution in [3.63, 3.8) is 0 Å². The average molecular weight is 270 g/mol. The first-order valence-corrected chi connectivity index (χ1v) is 7.15. The second kappa shape index (κ2) is 5.57. The van der Waals surface area contributed by atoms with Crippen molar-refractivity contribution in [3.05, 3.63) is 35.7 Å². The molecule has 1 aliphatic carbocycles. The van der Waals surface area contributed by atoms with Crippen LogP contribution in [0.1, 0.15) is 37.1 Å². The highest BCUT2D eigenvalue weighted by molar-refractivity contribution is 5.81. The van der Waals surface area contributed by atoms with Crippen LogP contribution < -0.4 is 0 Å². The van der Waals surface area contributed by atoms with E-state index in [9.17, 15) is 4.79 Å². The molecule has 1 fully saturated rings. The zero-order chi connectivity index (χ0) is 13.9. The van der Waals surface area contributed by atoms with Crippen molar-refractivity contribution in [2.24, 2.45) is 5.92 Å². The summed E-state index contributed by atoms with van der Waals surface area (Å²) in [6.45, 7) is 2.03. The number of nitrogens with zero attached hydrogens (tertiary/aromatic N) is 2. The summed E-state index contributed by atoms with van der Waals surface area (Å²) < 4.78 is 5.30. The van der Waals surface area contributed by atoms with Gasteiger partial charge in [0.1, 0.15) is 5.78 Å². The Morgan fingerprint density at radius 1 is 1.35 bits per heavy atom. The summed E-state index contributed by atoms with van der Waals surface area (Å²) in [4.78, 5) is 16.3. The van der Waals surface area contributed by atoms with Crippen molar-refractivity contribution >= 4 is 5.78 Å². The van der Waals surface area contributed by atoms with E-state index in [1.807, 2.05) is 31.2 Å². The lowest BCUT2D eigenvalue weighted by molar-refractivity contribution is -0.124. The van der Waals surface area contributed by atoms with Crippen molar-refractivity contribution in [3.8, 4) is 11.4 Å². The Balaban J connectivity index is 1.75. The number of rotatable bonds is 3. The number of benzene rings is 1. The van der Waals surface area contributed by atoms with Gasteiger partial charge in [-0.2, -0.15) is 4.98 Å². The fourth-order valence-electron chi connectivity index (χ4n) is 2.72. The maximum absolute atomic E-state index is 11.8. The fourth-order valence-corrected chi connectivity index (χ4v) is 2.72. The second-order valence-electron chi connectivity index (χ2n) is 5.49. The SMILES string of the molecule is Cc1cccc(-c2noc(CC3CCCCC3=O)n2)c1. The van der Waals surface area contributed by atoms with Crippen molar-refractivity contribution in [1.82, 2.24) is 10.1 Å². The zero-order valence-electron chi connectivity index (χ0n) is 11.6. The molecule has 0 aliphatic heterocycles. The number of carbonyl (C=O) groups is 1. The molecule has 0 bridgehead atoms. The normalized spacial score (nSPS) is 19.2. The Hall–Kier alpha value is -1.97. The van der Waals surface area contributed by atoms with Gasteiger partial charge in [0, 0.05) is 24.3 Å². The van der Waals surface area contributed by atoms with E-state index in [0.29, 0.717) is 30.3 Å². The minimum absolute atomic E-state index is 0.0644. The van der Waals surface area contributed by atoms with Gasteiger partial charge in [-0.1, -0.05) is 35.3 Å². The van der Waals surface area contributed by atoms with Crippen LogP contribution in [0.25, 0.3) is 11.4 Å². The van der Waals surface area contributed by atoms with Gasteiger partial charge in [0.25, 0.3) is 0 Å². The number of aryl methyl sites for hydroxylation is 1. The van der Waals surface area contributed by atoms with Crippen molar-refractivity contribution in [1.29, 1.82) is 0 Å². The smallest absolute Gasteiger partial charge is 0.227 e. The van der Waals surface area contributed by atoms with E-state index in [-0.39, 0.29) is 5.92 Å². The molecule has 104 valence electrons. The molecule has 1 saturated carbocycles. The van der Waals surface area contributed by atoms with Crippen LogP contribution in [0.5, 0.6) is 0 Å². The van der Waals surface area contributed by atoms with Crippen LogP contribution in [-0.4, -0.2) is 15.9 Å². The van der Waals surface area contributed by atoms with Crippen molar-refractivity contribution in [2.45, 2.75) is 39.0 Å². The molecule has 0 N–H and O–H groups in total. The number of aromatic nitrogens is 2. The molecule has 0 amide bonds. The maximum atomic E-state index is 11.8. The third-order valence-corrected chi connectivity index (χ3v) is 3.85. The highest BCUT2D eigenvalue weighted by Crippen LogP contribution is 2.24. The molecule has 1 unspecified atom stereocenters. The largest absolute Gasteiger partial charge is 0.339 e. The Kier molecular flexibility index (Phi) is 3.63. The number of Topliss-reactive ketones (excluding diaryl/α,β-unsaturated/α-hetero) is 1. The molecule has 0 radical (unpaired) electrons. The third-order valence-electron chi connectivity index (χ3n) is 3.85. The van der Waals surface area contributed by atoms with Crippen LogP contribution in [0.15, 0.2) is 28.8 Å². The molecule has 1 aliphatic rings. The van der Waals surface area contributed by atoms with Crippen LogP contribution in [-0.2, 0) is 11.2 Å². The van der Waals surface area contributed by atoms with E-state index in [1.54, 1.807) is 0 Å². The summed E-state index contributed by atoms with van der Waals surface area (Å²) in [5.41, 5.74) is 2.12. The van der Waals surface area contributed by atoms with E-state index in [4.69, 9.17) is 4.52 Å². The lowest BCUT2D eigenvalue weighted by Crippen LogP contribution is -2.21. The Bertz CT molecular complexity index is 618. The van der Waals surface area contributed by atoms with Crippen LogP contribution in [0, 0.1) is 12.8 Å². The molecule has 1 atom stereocenters. The van der Waals surface area contributed by atoms with Crippen LogP contribution in [0.3, 0.4) is 0 Å². The summed E-state index contributed by atoms with van der Waals surface area (Å²) in [6.07, 6.45) is 4.37. The molecule has 1 heterocycles. The molecule has 4 nitrogen and oxygen atoms in total. The maximum Gasteiger partial charge on any atom is 0.227 e. The second-order valence-corrected chi connectivity index (χ2v) is 5.49. The van der Waals surface area contributed by atoms with E-state index in [2.05, 4.69) is 10.1 Å². The van der Waals surface area contributed by atoms with Gasteiger partial charge >= 0.3 is 0 Å². The Labute approximate surface area is 118 Å². The summed E-state index contributed by atoms with van der Waals surface area (Å²) in [6, 6.07) is 8.00. The Morgan fingerprint density at radius 3 is 3.05 bits per heavy atom. The van der Waals surface area contributed by atoms with Gasteiger partial charge in [-0.3, -0.25) is 4.79 Å². The molecule has 1 aromatic heterocycles. The number of ketones is 1. The monoisotopic (exact) mass is 270 g/mol. The molecule has 1 aromatic carbocycles. The van der Waals surface area contributed by atoms with Gasteiger partial charge < -0.3 is 4.52 Å². The van der Waals surface area contributed by atoms with Gasteiger partial charge in [-0.15, -0.1) is 0 Å². The Morgan fingerprint density at radius 2 is 2.25 bits per heavy atom. The molecule has 3 rings (SSSR count). The highest BCUT2D eigenvalue weighted by Gasteiger charge is 2.24. The first-order valence-electron chi connectivity index (χ1n) is 7.15. The zero-order valence-corrected chi connectivity index (χ0v) is 11.6. The van der Waals surface area contributed by atoms with Gasteiger partial charge in [-0.25, -0.2) is 0 Å². The minimum atomic E-state index is 0.0644. The molecule has 0 saturated heterocycles. The number of hydrogen-bond acceptors (Lipinski definition) is 4. The third kappa shape index (κ3) is 2.79. The van der Waals surface area contributed by atoms with Gasteiger partial charge in [0.05, 0.1) is 0 Å². The molecule has 4 heteroatoms. The van der Waals surface area contributed by atoms with Crippen LogP contribution in [0.4, 0.5) is 0 Å². The lowest BCUT2D eigenvalue weighted by atomic mass is 9.86. The van der Waals surface area contributed by atoms with Crippen molar-refractivity contribution in [2.75, 3.05) is 0 Å². The molecule has 20 heavy (non-hydrogen) atoms. The van der Waals surface area contributed by atoms with Gasteiger partial charge in [0.15, 0.2) is 0 Å². The van der Waals surface area contributed by atoms with Gasteiger partial charge in [-0.05, 0) is 25.8 Å². The molecular weight excluding hydrogens is 252 g/mol. The van der Waals surface area contributed by atoms with Crippen LogP contribution in [0.2, 0.25) is 0 Å². The molecular formula is C16H18N2O2. The quantitative estimate of drug-likeness (QED) is 0.858. The van der Waals surface area contributed by atoms with Gasteiger partial charge in [0.2, 0.25) is 11.7 Å². The number of hydrogen-bond donors (Lipinski definition) is 0.